The lowest BCUT2D eigenvalue weighted by Crippen LogP contribution is -2.10. The second kappa shape index (κ2) is 31.4. The summed E-state index contributed by atoms with van der Waals surface area (Å²) in [7, 11) is 0. The highest BCUT2D eigenvalue weighted by atomic mass is 15.2. The molecule has 0 atom stereocenters. The van der Waals surface area contributed by atoms with E-state index in [0.717, 1.165) is 68.2 Å². The third-order valence-electron chi connectivity index (χ3n) is 29.4. The Kier molecular flexibility index (Phi) is 17.7. The Balaban J connectivity index is 0.000000134. The predicted octanol–water partition coefficient (Wildman–Crippen LogP) is 36.5. The van der Waals surface area contributed by atoms with E-state index in [2.05, 4.69) is 547 Å². The maximum absolute atomic E-state index is 2.54. The van der Waals surface area contributed by atoms with E-state index in [-0.39, 0.29) is 0 Å². The zero-order valence-corrected chi connectivity index (χ0v) is 76.1. The average molecular weight is 1780 g/mol. The van der Waals surface area contributed by atoms with Crippen molar-refractivity contribution in [3.05, 3.63) is 510 Å². The number of benzene rings is 22. The van der Waals surface area contributed by atoms with Gasteiger partial charge in [0.15, 0.2) is 0 Å². The minimum Gasteiger partial charge on any atom is -0.310 e. The average Bonchev–Trinajstić information content (AvgIpc) is 1.52. The SMILES string of the molecule is c1ccc(-c2ccc(N(c3ccccc3)c3cccc4c3c3cccc5c6cc7c(cc6n4c53)c3cccc4c5c(N(c6ccccc6)c6ccc(-c8ccccc8)cc6)cccc5n7c34)cc2)cc1.c1ccc(-c2cccc(N(c3ccccc3)c3cccc4c3c3cccc5c6cc7c(cc6n4c53)c3cccc4c5c(N(c6ccccc6)c6cccc(-c8ccccc8)c6)cccc5n7c34)c2)cc1. The second-order valence-corrected chi connectivity index (χ2v) is 36.9. The van der Waals surface area contributed by atoms with Crippen LogP contribution in [0.3, 0.4) is 0 Å². The van der Waals surface area contributed by atoms with Crippen molar-refractivity contribution in [3.63, 3.8) is 0 Å². The van der Waals surface area contributed by atoms with Gasteiger partial charge in [-0.1, -0.05) is 340 Å². The maximum Gasteiger partial charge on any atom is 0.0621 e. The summed E-state index contributed by atoms with van der Waals surface area (Å²) in [5.74, 6) is 0. The molecule has 0 aliphatic rings. The van der Waals surface area contributed by atoms with Gasteiger partial charge in [-0.2, -0.15) is 0 Å². The molecule has 0 amide bonds. The normalized spacial score (nSPS) is 12.0. The molecule has 8 heteroatoms. The van der Waals surface area contributed by atoms with Crippen molar-refractivity contribution in [2.75, 3.05) is 19.6 Å². The van der Waals surface area contributed by atoms with Crippen molar-refractivity contribution in [1.82, 2.24) is 17.6 Å². The van der Waals surface area contributed by atoms with Gasteiger partial charge in [0.1, 0.15) is 0 Å². The zero-order valence-electron chi connectivity index (χ0n) is 76.1. The Bertz CT molecular complexity index is 9460. The monoisotopic (exact) mass is 1780 g/mol. The van der Waals surface area contributed by atoms with Gasteiger partial charge in [0.2, 0.25) is 0 Å². The molecule has 0 saturated heterocycles. The van der Waals surface area contributed by atoms with Crippen molar-refractivity contribution in [1.29, 1.82) is 0 Å². The standard InChI is InChI=1S/2C66H42N4/c1-5-19-43(20-6-1)45-23-13-29-49(39-45)67(47-25-9-3-10-26-47)57-35-17-37-59-63(57)53-33-15-31-51-55-42-62-56(41-61(55)69(59)65(51)53)52-32-16-34-54-64-58(36-18-38-60(64)70(62)66(52)54)68(48-27-11-4-12-28-48)50-30-14-24-46(40-50)44-21-7-2-8-22-44;1-5-17-43(18-6-1)45-33-37-49(38-34-45)67(47-21-9-3-10-22-47)57-29-15-31-59-63(57)53-27-13-25-51-55-42-62-56(41-61(55)69(59)65(51)53)52-26-14-28-54-64-58(30-16-32-60(64)70(62)66(52)54)68(48-23-11-4-12-24-48)50-39-35-46(36-40-50)44-19-7-2-8-20-44/h2*1-42H. The van der Waals surface area contributed by atoms with Gasteiger partial charge < -0.3 is 37.2 Å². The van der Waals surface area contributed by atoms with E-state index >= 15 is 0 Å². The molecule has 0 bridgehead atoms. The molecule has 140 heavy (non-hydrogen) atoms. The molecule has 0 fully saturated rings. The van der Waals surface area contributed by atoms with E-state index in [1.165, 1.54) is 197 Å². The molecule has 0 unspecified atom stereocenters. The molecule has 0 aliphatic carbocycles. The molecule has 652 valence electrons. The van der Waals surface area contributed by atoms with Crippen LogP contribution < -0.4 is 19.6 Å². The lowest BCUT2D eigenvalue weighted by molar-refractivity contribution is 1.29. The fourth-order valence-electron chi connectivity index (χ4n) is 23.6. The zero-order chi connectivity index (χ0) is 91.7. The van der Waals surface area contributed by atoms with E-state index in [1.807, 2.05) is 0 Å². The van der Waals surface area contributed by atoms with Crippen LogP contribution in [0.15, 0.2) is 510 Å². The number of hydrogen-bond acceptors (Lipinski definition) is 4. The Hall–Kier alpha value is -18.8. The number of fused-ring (bicyclic) bond motifs is 24. The van der Waals surface area contributed by atoms with Gasteiger partial charge >= 0.3 is 0 Å². The van der Waals surface area contributed by atoms with Gasteiger partial charge in [-0.05, 0) is 214 Å². The summed E-state index contributed by atoms with van der Waals surface area (Å²) in [6.45, 7) is 0. The molecule has 22 aromatic carbocycles. The van der Waals surface area contributed by atoms with Gasteiger partial charge in [0.25, 0.3) is 0 Å². The number of rotatable bonds is 16. The Morgan fingerprint density at radius 2 is 0.300 bits per heavy atom. The minimum atomic E-state index is 1.11. The van der Waals surface area contributed by atoms with Gasteiger partial charge in [-0.15, -0.1) is 0 Å². The van der Waals surface area contributed by atoms with E-state index in [9.17, 15) is 0 Å². The van der Waals surface area contributed by atoms with Crippen LogP contribution in [0.2, 0.25) is 0 Å². The number of anilines is 12. The molecule has 30 rings (SSSR count). The number of hydrogen-bond donors (Lipinski definition) is 0. The van der Waals surface area contributed by atoms with Crippen molar-refractivity contribution < 1.29 is 0 Å². The molecule has 30 aromatic rings. The first kappa shape index (κ1) is 78.7. The van der Waals surface area contributed by atoms with Crippen LogP contribution in [0.1, 0.15) is 0 Å². The van der Waals surface area contributed by atoms with Crippen LogP contribution in [0, 0.1) is 0 Å². The van der Waals surface area contributed by atoms with Crippen LogP contribution >= 0.6 is 0 Å². The van der Waals surface area contributed by atoms with Crippen LogP contribution in [0.5, 0.6) is 0 Å². The first-order valence-electron chi connectivity index (χ1n) is 48.2. The highest BCUT2D eigenvalue weighted by molar-refractivity contribution is 6.34. The fraction of sp³-hybridized carbons (Fsp3) is 0. The van der Waals surface area contributed by atoms with Gasteiger partial charge in [-0.3, -0.25) is 0 Å². The summed E-state index contributed by atoms with van der Waals surface area (Å²) in [6, 6.07) is 186. The van der Waals surface area contributed by atoms with Crippen molar-refractivity contribution in [2.45, 2.75) is 0 Å². The Morgan fingerprint density at radius 1 is 0.114 bits per heavy atom. The van der Waals surface area contributed by atoms with Crippen LogP contribution in [-0.4, -0.2) is 17.6 Å². The van der Waals surface area contributed by atoms with Crippen LogP contribution in [0.4, 0.5) is 68.2 Å². The van der Waals surface area contributed by atoms with Crippen molar-refractivity contribution in [2.24, 2.45) is 0 Å². The third kappa shape index (κ3) is 12.0. The van der Waals surface area contributed by atoms with Gasteiger partial charge in [0.05, 0.1) is 88.9 Å². The summed E-state index contributed by atoms with van der Waals surface area (Å²) in [4.78, 5) is 9.71. The maximum atomic E-state index is 2.54. The molecule has 0 saturated carbocycles. The Morgan fingerprint density at radius 3 is 0.557 bits per heavy atom. The molecule has 0 radical (unpaired) electrons. The highest BCUT2D eigenvalue weighted by Crippen LogP contribution is 2.55. The quantitative estimate of drug-likeness (QED) is 0.0965. The summed E-state index contributed by atoms with van der Waals surface area (Å²) < 4.78 is 10.1. The van der Waals surface area contributed by atoms with Gasteiger partial charge in [-0.25, -0.2) is 0 Å². The van der Waals surface area contributed by atoms with Gasteiger partial charge in [0, 0.05) is 132 Å². The summed E-state index contributed by atoms with van der Waals surface area (Å²) in [5, 5.41) is 20.0. The number of para-hydroxylation sites is 8. The number of nitrogens with zero attached hydrogens (tertiary/aromatic N) is 8. The number of aromatic nitrogens is 4. The topological polar surface area (TPSA) is 30.6 Å². The summed E-state index contributed by atoms with van der Waals surface area (Å²) in [5.41, 5.74) is 37.8. The molecule has 8 nitrogen and oxygen atoms in total. The minimum absolute atomic E-state index is 1.11. The smallest absolute Gasteiger partial charge is 0.0621 e. The lowest BCUT2D eigenvalue weighted by atomic mass is 10.0. The van der Waals surface area contributed by atoms with Crippen LogP contribution in [0.25, 0.3) is 197 Å². The van der Waals surface area contributed by atoms with Crippen molar-refractivity contribution in [3.8, 4) is 44.5 Å². The molecule has 0 aliphatic heterocycles. The first-order chi connectivity index (χ1) is 69.5. The molecule has 8 aromatic heterocycles. The van der Waals surface area contributed by atoms with E-state index in [1.54, 1.807) is 0 Å². The van der Waals surface area contributed by atoms with Crippen molar-refractivity contribution >= 4 is 221 Å². The third-order valence-corrected chi connectivity index (χ3v) is 29.4. The summed E-state index contributed by atoms with van der Waals surface area (Å²) in [6.07, 6.45) is 0. The summed E-state index contributed by atoms with van der Waals surface area (Å²) >= 11 is 0. The molecule has 0 N–H and O–H groups in total. The molecular formula is C132H84N8. The van der Waals surface area contributed by atoms with E-state index in [0.29, 0.717) is 0 Å². The lowest BCUT2D eigenvalue weighted by Gasteiger charge is -2.27. The largest absolute Gasteiger partial charge is 0.310 e. The van der Waals surface area contributed by atoms with Crippen LogP contribution in [-0.2, 0) is 0 Å². The van der Waals surface area contributed by atoms with E-state index < -0.39 is 0 Å². The highest BCUT2D eigenvalue weighted by Gasteiger charge is 2.32. The first-order valence-corrected chi connectivity index (χ1v) is 48.2. The molecular weight excluding hydrogens is 1700 g/mol. The van der Waals surface area contributed by atoms with E-state index in [4.69, 9.17) is 0 Å². The fourth-order valence-corrected chi connectivity index (χ4v) is 23.6. The second-order valence-electron chi connectivity index (χ2n) is 36.9. The Labute approximate surface area is 806 Å². The predicted molar refractivity (Wildman–Crippen MR) is 592 cm³/mol. The molecule has 8 heterocycles. The molecule has 0 spiro atoms.